The molecular weight excluding hydrogens is 405 g/mol. The molecule has 26 heavy (non-hydrogen) atoms. The highest BCUT2D eigenvalue weighted by molar-refractivity contribution is 9.10. The zero-order chi connectivity index (χ0) is 18.7. The molecule has 0 saturated heterocycles. The van der Waals surface area contributed by atoms with Crippen LogP contribution in [0.5, 0.6) is 0 Å². The minimum absolute atomic E-state index is 0.0237. The summed E-state index contributed by atoms with van der Waals surface area (Å²) < 4.78 is 15.7. The van der Waals surface area contributed by atoms with Crippen molar-refractivity contribution in [2.75, 3.05) is 5.32 Å². The molecule has 0 spiro atoms. The number of nitrogens with one attached hydrogen (secondary N) is 1. The summed E-state index contributed by atoms with van der Waals surface area (Å²) in [6.07, 6.45) is 1.60. The number of amides is 1. The lowest BCUT2D eigenvalue weighted by Crippen LogP contribution is -2.17. The molecule has 8 heteroatoms. The van der Waals surface area contributed by atoms with Crippen LogP contribution in [0.15, 0.2) is 59.2 Å². The second-order valence-corrected chi connectivity index (χ2v) is 6.27. The Morgan fingerprint density at radius 1 is 1.12 bits per heavy atom. The van der Waals surface area contributed by atoms with Gasteiger partial charge < -0.3 is 10.4 Å². The molecule has 1 heterocycles. The summed E-state index contributed by atoms with van der Waals surface area (Å²) in [7, 11) is 0. The first-order valence-corrected chi connectivity index (χ1v) is 8.35. The molecule has 1 amide bonds. The first-order chi connectivity index (χ1) is 12.5. The van der Waals surface area contributed by atoms with E-state index in [4.69, 9.17) is 0 Å². The average Bonchev–Trinajstić information content (AvgIpc) is 2.96. The topological polar surface area (TPSA) is 84.2 Å². The Balaban J connectivity index is 1.81. The van der Waals surface area contributed by atoms with E-state index in [0.29, 0.717) is 10.0 Å². The highest BCUT2D eigenvalue weighted by Crippen LogP contribution is 2.22. The predicted molar refractivity (Wildman–Crippen MR) is 96.8 cm³/mol. The Hall–Kier alpha value is -3.00. The summed E-state index contributed by atoms with van der Waals surface area (Å²) in [5, 5.41) is 16.0. The van der Waals surface area contributed by atoms with Crippen molar-refractivity contribution >= 4 is 33.6 Å². The molecule has 0 bridgehead atoms. The van der Waals surface area contributed by atoms with Crippen molar-refractivity contribution in [3.8, 4) is 0 Å². The van der Waals surface area contributed by atoms with Crippen LogP contribution < -0.4 is 5.32 Å². The van der Waals surface area contributed by atoms with Gasteiger partial charge in [0.25, 0.3) is 5.91 Å². The zero-order valence-electron chi connectivity index (χ0n) is 13.3. The SMILES string of the molecule is O=C(O)c1ccccc1C(=O)Nc1nn(Cc2ccccc2F)cc1Br. The van der Waals surface area contributed by atoms with Crippen LogP contribution in [0.25, 0.3) is 0 Å². The molecule has 1 aromatic heterocycles. The minimum atomic E-state index is -1.19. The fourth-order valence-electron chi connectivity index (χ4n) is 2.41. The van der Waals surface area contributed by atoms with Gasteiger partial charge in [0.2, 0.25) is 0 Å². The largest absolute Gasteiger partial charge is 0.478 e. The summed E-state index contributed by atoms with van der Waals surface area (Å²) >= 11 is 3.29. The molecule has 3 aromatic rings. The van der Waals surface area contributed by atoms with Crippen molar-refractivity contribution in [3.05, 3.63) is 81.7 Å². The van der Waals surface area contributed by atoms with E-state index < -0.39 is 11.9 Å². The number of carboxylic acid groups (broad SMARTS) is 1. The molecule has 2 aromatic carbocycles. The van der Waals surface area contributed by atoms with Gasteiger partial charge in [0.05, 0.1) is 22.1 Å². The first-order valence-electron chi connectivity index (χ1n) is 7.55. The number of hydrogen-bond donors (Lipinski definition) is 2. The number of nitrogens with zero attached hydrogens (tertiary/aromatic N) is 2. The van der Waals surface area contributed by atoms with Crippen LogP contribution in [0.1, 0.15) is 26.3 Å². The van der Waals surface area contributed by atoms with Crippen molar-refractivity contribution in [1.82, 2.24) is 9.78 Å². The molecule has 0 aliphatic heterocycles. The Bertz CT molecular complexity index is 987. The normalized spacial score (nSPS) is 10.5. The minimum Gasteiger partial charge on any atom is -0.478 e. The second kappa shape index (κ2) is 7.49. The fourth-order valence-corrected chi connectivity index (χ4v) is 2.82. The molecule has 132 valence electrons. The lowest BCUT2D eigenvalue weighted by atomic mass is 10.1. The highest BCUT2D eigenvalue weighted by Gasteiger charge is 2.18. The molecule has 0 radical (unpaired) electrons. The zero-order valence-corrected chi connectivity index (χ0v) is 14.9. The maximum Gasteiger partial charge on any atom is 0.336 e. The molecule has 0 saturated carbocycles. The summed E-state index contributed by atoms with van der Waals surface area (Å²) in [5.74, 6) is -1.92. The second-order valence-electron chi connectivity index (χ2n) is 5.42. The van der Waals surface area contributed by atoms with Crippen LogP contribution >= 0.6 is 15.9 Å². The highest BCUT2D eigenvalue weighted by atomic mass is 79.9. The van der Waals surface area contributed by atoms with Crippen molar-refractivity contribution in [2.24, 2.45) is 0 Å². The maximum absolute atomic E-state index is 13.8. The molecule has 0 aliphatic rings. The number of aromatic carboxylic acids is 1. The van der Waals surface area contributed by atoms with Crippen LogP contribution in [-0.2, 0) is 6.54 Å². The fraction of sp³-hybridized carbons (Fsp3) is 0.0556. The molecule has 3 rings (SSSR count). The van der Waals surface area contributed by atoms with E-state index in [0.717, 1.165) is 0 Å². The Morgan fingerprint density at radius 3 is 2.46 bits per heavy atom. The third-order valence-corrected chi connectivity index (χ3v) is 4.22. The summed E-state index contributed by atoms with van der Waals surface area (Å²) in [4.78, 5) is 23.6. The number of carbonyl (C=O) groups excluding carboxylic acids is 1. The molecule has 0 aliphatic carbocycles. The molecule has 0 unspecified atom stereocenters. The molecular formula is C18H13BrFN3O3. The quantitative estimate of drug-likeness (QED) is 0.661. The van der Waals surface area contributed by atoms with Gasteiger partial charge in [-0.05, 0) is 34.1 Å². The third-order valence-electron chi connectivity index (χ3n) is 3.64. The average molecular weight is 418 g/mol. The van der Waals surface area contributed by atoms with Gasteiger partial charge in [-0.3, -0.25) is 9.48 Å². The van der Waals surface area contributed by atoms with Gasteiger partial charge in [0.15, 0.2) is 5.82 Å². The summed E-state index contributed by atoms with van der Waals surface area (Å²) in [6.45, 7) is 0.187. The van der Waals surface area contributed by atoms with Crippen LogP contribution in [-0.4, -0.2) is 26.8 Å². The first kappa shape index (κ1) is 17.8. The van der Waals surface area contributed by atoms with Crippen LogP contribution in [0.3, 0.4) is 0 Å². The lowest BCUT2D eigenvalue weighted by molar-refractivity contribution is 0.0692. The number of carbonyl (C=O) groups is 2. The van der Waals surface area contributed by atoms with Crippen molar-refractivity contribution in [1.29, 1.82) is 0 Å². The van der Waals surface area contributed by atoms with E-state index in [1.54, 1.807) is 36.5 Å². The Morgan fingerprint density at radius 2 is 1.77 bits per heavy atom. The molecule has 0 atom stereocenters. The van der Waals surface area contributed by atoms with Gasteiger partial charge in [0.1, 0.15) is 5.82 Å². The number of aromatic nitrogens is 2. The smallest absolute Gasteiger partial charge is 0.336 e. The van der Waals surface area contributed by atoms with Crippen molar-refractivity contribution in [3.63, 3.8) is 0 Å². The van der Waals surface area contributed by atoms with E-state index in [1.807, 2.05) is 0 Å². The van der Waals surface area contributed by atoms with E-state index in [1.165, 1.54) is 22.9 Å². The number of hydrogen-bond acceptors (Lipinski definition) is 3. The molecule has 6 nitrogen and oxygen atoms in total. The molecule has 0 fully saturated rings. The number of carboxylic acids is 1. The van der Waals surface area contributed by atoms with Crippen LogP contribution in [0.2, 0.25) is 0 Å². The summed E-state index contributed by atoms with van der Waals surface area (Å²) in [6, 6.07) is 12.2. The van der Waals surface area contributed by atoms with Crippen molar-refractivity contribution in [2.45, 2.75) is 6.54 Å². The lowest BCUT2D eigenvalue weighted by Gasteiger charge is -2.06. The van der Waals surface area contributed by atoms with E-state index in [-0.39, 0.29) is 29.3 Å². The van der Waals surface area contributed by atoms with Gasteiger partial charge in [-0.2, -0.15) is 5.10 Å². The Kier molecular flexibility index (Phi) is 5.13. The van der Waals surface area contributed by atoms with E-state index in [9.17, 15) is 19.1 Å². The number of rotatable bonds is 5. The number of benzene rings is 2. The third kappa shape index (κ3) is 3.80. The van der Waals surface area contributed by atoms with Gasteiger partial charge in [-0.25, -0.2) is 9.18 Å². The van der Waals surface area contributed by atoms with Crippen molar-refractivity contribution < 1.29 is 19.1 Å². The van der Waals surface area contributed by atoms with E-state index in [2.05, 4.69) is 26.3 Å². The van der Waals surface area contributed by atoms with Gasteiger partial charge in [-0.1, -0.05) is 30.3 Å². The number of anilines is 1. The van der Waals surface area contributed by atoms with E-state index >= 15 is 0 Å². The monoisotopic (exact) mass is 417 g/mol. The van der Waals surface area contributed by atoms with Gasteiger partial charge in [-0.15, -0.1) is 0 Å². The standard InChI is InChI=1S/C18H13BrFN3O3/c19-14-10-23(9-11-5-1-4-8-15(11)20)22-16(14)21-17(24)12-6-2-3-7-13(12)18(25)26/h1-8,10H,9H2,(H,25,26)(H,21,22,24). The van der Waals surface area contributed by atoms with Crippen LogP contribution in [0, 0.1) is 5.82 Å². The van der Waals surface area contributed by atoms with Gasteiger partial charge in [0, 0.05) is 11.8 Å². The maximum atomic E-state index is 13.8. The van der Waals surface area contributed by atoms with Gasteiger partial charge >= 0.3 is 5.97 Å². The Labute approximate surface area is 156 Å². The number of halogens is 2. The summed E-state index contributed by atoms with van der Waals surface area (Å²) in [5.41, 5.74) is 0.374. The predicted octanol–water partition coefficient (Wildman–Crippen LogP) is 3.78. The van der Waals surface area contributed by atoms with Crippen LogP contribution in [0.4, 0.5) is 10.2 Å². The molecule has 2 N–H and O–H groups in total.